The van der Waals surface area contributed by atoms with Gasteiger partial charge >= 0.3 is 0 Å². The van der Waals surface area contributed by atoms with E-state index in [1.54, 1.807) is 18.2 Å². The second kappa shape index (κ2) is 9.56. The lowest BCUT2D eigenvalue weighted by Gasteiger charge is -2.11. The van der Waals surface area contributed by atoms with Crippen molar-refractivity contribution in [2.24, 2.45) is 0 Å². The first kappa shape index (κ1) is 21.4. The zero-order valence-electron chi connectivity index (χ0n) is 16.5. The maximum Gasteiger partial charge on any atom is 0.234 e. The Kier molecular flexibility index (Phi) is 6.61. The molecule has 0 bridgehead atoms. The van der Waals surface area contributed by atoms with Gasteiger partial charge in [-0.15, -0.1) is 10.2 Å². The van der Waals surface area contributed by atoms with Crippen LogP contribution in [0.3, 0.4) is 0 Å². The molecule has 31 heavy (non-hydrogen) atoms. The molecule has 4 aromatic rings. The van der Waals surface area contributed by atoms with Gasteiger partial charge in [-0.25, -0.2) is 0 Å². The summed E-state index contributed by atoms with van der Waals surface area (Å²) in [5, 5.41) is 12.9. The molecule has 156 valence electrons. The molecule has 3 aromatic carbocycles. The Morgan fingerprint density at radius 3 is 2.45 bits per heavy atom. The molecule has 1 heterocycles. The lowest BCUT2D eigenvalue weighted by molar-refractivity contribution is -0.113. The zero-order valence-corrected chi connectivity index (χ0v) is 18.9. The van der Waals surface area contributed by atoms with Crippen molar-refractivity contribution >= 4 is 46.6 Å². The number of carbonyl (C=O) groups is 1. The zero-order chi connectivity index (χ0) is 21.8. The minimum absolute atomic E-state index is 0.141. The van der Waals surface area contributed by atoms with Crippen LogP contribution in [0.2, 0.25) is 10.0 Å². The Labute approximate surface area is 194 Å². The molecule has 1 N–H and O–H groups in total. The monoisotopic (exact) mass is 468 g/mol. The molecule has 4 rings (SSSR count). The van der Waals surface area contributed by atoms with Gasteiger partial charge < -0.3 is 5.32 Å². The Morgan fingerprint density at radius 2 is 1.71 bits per heavy atom. The number of amides is 1. The van der Waals surface area contributed by atoms with Crippen molar-refractivity contribution in [3.8, 4) is 17.1 Å². The molecule has 0 saturated carbocycles. The molecule has 0 atom stereocenters. The predicted molar refractivity (Wildman–Crippen MR) is 127 cm³/mol. The van der Waals surface area contributed by atoms with Gasteiger partial charge in [0.2, 0.25) is 5.91 Å². The SMILES string of the molecule is Cc1ccc(-n2c(SCC(=O)Nc3cccc(Cl)c3Cl)nnc2-c2ccccc2)cc1. The molecule has 0 fully saturated rings. The molecular formula is C23H18Cl2N4OS. The average Bonchev–Trinajstić information content (AvgIpc) is 3.21. The number of rotatable bonds is 6. The molecule has 0 spiro atoms. The highest BCUT2D eigenvalue weighted by Gasteiger charge is 2.17. The molecule has 0 aliphatic heterocycles. The van der Waals surface area contributed by atoms with Crippen molar-refractivity contribution in [1.82, 2.24) is 14.8 Å². The molecule has 8 heteroatoms. The quantitative estimate of drug-likeness (QED) is 0.338. The van der Waals surface area contributed by atoms with E-state index >= 15 is 0 Å². The summed E-state index contributed by atoms with van der Waals surface area (Å²) >= 11 is 13.5. The summed E-state index contributed by atoms with van der Waals surface area (Å²) in [4.78, 5) is 12.5. The number of benzene rings is 3. The first-order valence-electron chi connectivity index (χ1n) is 9.47. The number of nitrogens with one attached hydrogen (secondary N) is 1. The Morgan fingerprint density at radius 1 is 0.968 bits per heavy atom. The summed E-state index contributed by atoms with van der Waals surface area (Å²) in [7, 11) is 0. The van der Waals surface area contributed by atoms with Gasteiger partial charge in [-0.2, -0.15) is 0 Å². The van der Waals surface area contributed by atoms with Gasteiger partial charge in [0, 0.05) is 11.3 Å². The van der Waals surface area contributed by atoms with Crippen molar-refractivity contribution in [2.45, 2.75) is 12.1 Å². The van der Waals surface area contributed by atoms with Gasteiger partial charge in [0.05, 0.1) is 21.5 Å². The second-order valence-corrected chi connectivity index (χ2v) is 8.51. The van der Waals surface area contributed by atoms with Crippen molar-refractivity contribution in [3.05, 3.63) is 88.4 Å². The third-order valence-electron chi connectivity index (χ3n) is 4.52. The molecule has 0 unspecified atom stereocenters. The van der Waals surface area contributed by atoms with Crippen LogP contribution in [0.25, 0.3) is 17.1 Å². The number of aryl methyl sites for hydroxylation is 1. The van der Waals surface area contributed by atoms with E-state index in [9.17, 15) is 4.79 Å². The minimum Gasteiger partial charge on any atom is -0.324 e. The summed E-state index contributed by atoms with van der Waals surface area (Å²) in [6.45, 7) is 2.04. The summed E-state index contributed by atoms with van der Waals surface area (Å²) in [5.74, 6) is 0.640. The fourth-order valence-electron chi connectivity index (χ4n) is 2.98. The second-order valence-electron chi connectivity index (χ2n) is 6.78. The topological polar surface area (TPSA) is 59.8 Å². The molecule has 0 radical (unpaired) electrons. The van der Waals surface area contributed by atoms with Crippen LogP contribution in [0.5, 0.6) is 0 Å². The highest BCUT2D eigenvalue weighted by Crippen LogP contribution is 2.31. The van der Waals surface area contributed by atoms with Crippen LogP contribution < -0.4 is 5.32 Å². The van der Waals surface area contributed by atoms with E-state index in [1.165, 1.54) is 11.8 Å². The van der Waals surface area contributed by atoms with E-state index in [4.69, 9.17) is 23.2 Å². The van der Waals surface area contributed by atoms with E-state index < -0.39 is 0 Å². The standard InChI is InChI=1S/C23H18Cl2N4OS/c1-15-10-12-17(13-11-15)29-22(16-6-3-2-4-7-16)27-28-23(29)31-14-20(30)26-19-9-5-8-18(24)21(19)25/h2-13H,14H2,1H3,(H,26,30). The number of anilines is 1. The van der Waals surface area contributed by atoms with Crippen LogP contribution in [-0.4, -0.2) is 26.4 Å². The maximum atomic E-state index is 12.5. The Balaban J connectivity index is 1.59. The van der Waals surface area contributed by atoms with E-state index in [-0.39, 0.29) is 11.7 Å². The maximum absolute atomic E-state index is 12.5. The summed E-state index contributed by atoms with van der Waals surface area (Å²) in [5.41, 5.74) is 3.50. The number of hydrogen-bond donors (Lipinski definition) is 1. The average molecular weight is 469 g/mol. The Bertz CT molecular complexity index is 1210. The number of halogens is 2. The molecule has 5 nitrogen and oxygen atoms in total. The van der Waals surface area contributed by atoms with Crippen molar-refractivity contribution in [1.29, 1.82) is 0 Å². The lowest BCUT2D eigenvalue weighted by atomic mass is 10.2. The summed E-state index contributed by atoms with van der Waals surface area (Å²) in [6, 6.07) is 23.0. The molecule has 0 saturated heterocycles. The number of hydrogen-bond acceptors (Lipinski definition) is 4. The number of thioether (sulfide) groups is 1. The van der Waals surface area contributed by atoms with E-state index in [1.807, 2.05) is 66.1 Å². The molecule has 0 aliphatic carbocycles. The van der Waals surface area contributed by atoms with Crippen LogP contribution in [0.1, 0.15) is 5.56 Å². The number of nitrogens with zero attached hydrogens (tertiary/aromatic N) is 3. The van der Waals surface area contributed by atoms with Gasteiger partial charge in [-0.3, -0.25) is 9.36 Å². The van der Waals surface area contributed by atoms with Gasteiger partial charge in [0.25, 0.3) is 0 Å². The van der Waals surface area contributed by atoms with Crippen LogP contribution in [-0.2, 0) is 4.79 Å². The molecule has 1 aromatic heterocycles. The first-order valence-corrected chi connectivity index (χ1v) is 11.2. The number of aromatic nitrogens is 3. The minimum atomic E-state index is -0.214. The van der Waals surface area contributed by atoms with Gasteiger partial charge in [-0.05, 0) is 31.2 Å². The summed E-state index contributed by atoms with van der Waals surface area (Å²) in [6.07, 6.45) is 0. The highest BCUT2D eigenvalue weighted by atomic mass is 35.5. The molecule has 0 aliphatic rings. The third kappa shape index (κ3) is 4.93. The van der Waals surface area contributed by atoms with Crippen LogP contribution in [0, 0.1) is 6.92 Å². The van der Waals surface area contributed by atoms with Gasteiger partial charge in [0.1, 0.15) is 0 Å². The smallest absolute Gasteiger partial charge is 0.234 e. The van der Waals surface area contributed by atoms with Crippen molar-refractivity contribution in [2.75, 3.05) is 11.1 Å². The largest absolute Gasteiger partial charge is 0.324 e. The number of carbonyl (C=O) groups excluding carboxylic acids is 1. The molecule has 1 amide bonds. The fraction of sp³-hybridized carbons (Fsp3) is 0.0870. The lowest BCUT2D eigenvalue weighted by Crippen LogP contribution is -2.15. The highest BCUT2D eigenvalue weighted by molar-refractivity contribution is 7.99. The normalized spacial score (nSPS) is 10.8. The predicted octanol–water partition coefficient (Wildman–Crippen LogP) is 6.28. The van der Waals surface area contributed by atoms with Gasteiger partial charge in [-0.1, -0.05) is 89.1 Å². The van der Waals surface area contributed by atoms with Crippen LogP contribution in [0.4, 0.5) is 5.69 Å². The third-order valence-corrected chi connectivity index (χ3v) is 6.26. The van der Waals surface area contributed by atoms with E-state index in [2.05, 4.69) is 15.5 Å². The van der Waals surface area contributed by atoms with Crippen LogP contribution in [0.15, 0.2) is 78.0 Å². The summed E-state index contributed by atoms with van der Waals surface area (Å²) < 4.78 is 1.96. The van der Waals surface area contributed by atoms with Gasteiger partial charge in [0.15, 0.2) is 11.0 Å². The molecular weight excluding hydrogens is 451 g/mol. The van der Waals surface area contributed by atoms with Crippen molar-refractivity contribution in [3.63, 3.8) is 0 Å². The van der Waals surface area contributed by atoms with E-state index in [0.717, 1.165) is 16.8 Å². The first-order chi connectivity index (χ1) is 15.0. The van der Waals surface area contributed by atoms with Crippen molar-refractivity contribution < 1.29 is 4.79 Å². The Hall–Kier alpha value is -2.80. The van der Waals surface area contributed by atoms with Crippen LogP contribution >= 0.6 is 35.0 Å². The fourth-order valence-corrected chi connectivity index (χ4v) is 4.08. The van der Waals surface area contributed by atoms with E-state index in [0.29, 0.717) is 26.7 Å².